The number of nitrogen functional groups attached to an aromatic ring is 2. The number of aliphatic imine (C=N–C) groups is 1. The Kier molecular flexibility index (Phi) is 8.12. The number of Topliss-reactive ketones (excluding diaryl/α,β-unsaturated/α-hetero) is 1. The van der Waals surface area contributed by atoms with Crippen molar-refractivity contribution in [3.05, 3.63) is 46.7 Å². The Bertz CT molecular complexity index is 1250. The van der Waals surface area contributed by atoms with E-state index in [0.29, 0.717) is 17.4 Å². The van der Waals surface area contributed by atoms with E-state index in [1.807, 2.05) is 30.3 Å². The third kappa shape index (κ3) is 6.37. The number of fused-ring (bicyclic) bond motifs is 3. The third-order valence-electron chi connectivity index (χ3n) is 7.39. The van der Waals surface area contributed by atoms with Crippen molar-refractivity contribution in [2.45, 2.75) is 31.7 Å². The first-order chi connectivity index (χ1) is 18.0. The summed E-state index contributed by atoms with van der Waals surface area (Å²) in [7, 11) is 0. The number of piperidine rings is 3. The second-order valence-electron chi connectivity index (χ2n) is 10.1. The van der Waals surface area contributed by atoms with E-state index in [4.69, 9.17) is 28.8 Å². The lowest BCUT2D eigenvalue weighted by Gasteiger charge is -2.51. The molecule has 0 radical (unpaired) electrons. The molecule has 3 saturated heterocycles. The molecule has 1 aromatic heterocycles. The van der Waals surface area contributed by atoms with Crippen LogP contribution in [0.2, 0.25) is 5.15 Å². The van der Waals surface area contributed by atoms with Gasteiger partial charge in [0, 0.05) is 19.3 Å². The fraction of sp³-hybridized carbons (Fsp3) is 0.440. The van der Waals surface area contributed by atoms with Gasteiger partial charge < -0.3 is 26.8 Å². The monoisotopic (exact) mass is 543 g/mol. The molecule has 202 valence electrons. The summed E-state index contributed by atoms with van der Waals surface area (Å²) < 4.78 is 0.536. The van der Waals surface area contributed by atoms with Crippen LogP contribution in [0.4, 0.5) is 11.6 Å². The van der Waals surface area contributed by atoms with Crippen LogP contribution in [-0.2, 0) is 16.0 Å². The fourth-order valence-corrected chi connectivity index (χ4v) is 5.60. The molecular formula is C25H32ClN8O4+. The number of anilines is 2. The van der Waals surface area contributed by atoms with E-state index in [0.717, 1.165) is 31.5 Å². The van der Waals surface area contributed by atoms with E-state index in [-0.39, 0.29) is 59.2 Å². The SMILES string of the molecule is NC(=N[C@@H]1C[N+]2(CC(=O)C[C@H](Cc3ccccc3)C(=O)O)CCC1CC2)NC(=O)c1nc(Cl)c(N)nc1N. The summed E-state index contributed by atoms with van der Waals surface area (Å²) in [5, 5.41) is 12.0. The molecule has 38 heavy (non-hydrogen) atoms. The number of carboxylic acids is 1. The Labute approximate surface area is 224 Å². The highest BCUT2D eigenvalue weighted by Gasteiger charge is 2.47. The quantitative estimate of drug-likeness (QED) is 0.173. The number of quaternary nitrogens is 1. The lowest BCUT2D eigenvalue weighted by molar-refractivity contribution is -0.936. The summed E-state index contributed by atoms with van der Waals surface area (Å²) >= 11 is 5.85. The van der Waals surface area contributed by atoms with Gasteiger partial charge in [-0.05, 0) is 17.9 Å². The maximum atomic E-state index is 13.1. The Morgan fingerprint density at radius 2 is 1.82 bits per heavy atom. The lowest BCUT2D eigenvalue weighted by atomic mass is 9.81. The van der Waals surface area contributed by atoms with Gasteiger partial charge in [-0.3, -0.25) is 19.7 Å². The van der Waals surface area contributed by atoms with Crippen molar-refractivity contribution in [2.24, 2.45) is 22.6 Å². The first-order valence-corrected chi connectivity index (χ1v) is 12.8. The largest absolute Gasteiger partial charge is 0.481 e. The number of ketones is 1. The van der Waals surface area contributed by atoms with Crippen molar-refractivity contribution >= 4 is 46.9 Å². The highest BCUT2D eigenvalue weighted by molar-refractivity contribution is 6.31. The van der Waals surface area contributed by atoms with Crippen molar-refractivity contribution in [3.8, 4) is 0 Å². The van der Waals surface area contributed by atoms with Gasteiger partial charge in [-0.15, -0.1) is 0 Å². The second kappa shape index (κ2) is 11.3. The number of amides is 1. The van der Waals surface area contributed by atoms with Gasteiger partial charge in [0.15, 0.2) is 34.2 Å². The van der Waals surface area contributed by atoms with Gasteiger partial charge in [-0.2, -0.15) is 0 Å². The molecule has 13 heteroatoms. The van der Waals surface area contributed by atoms with Crippen LogP contribution in [0.15, 0.2) is 35.3 Å². The van der Waals surface area contributed by atoms with Crippen molar-refractivity contribution in [1.82, 2.24) is 15.3 Å². The van der Waals surface area contributed by atoms with Crippen LogP contribution in [-0.4, -0.2) is 75.4 Å². The molecule has 8 N–H and O–H groups in total. The number of carbonyl (C=O) groups is 3. The van der Waals surface area contributed by atoms with Crippen molar-refractivity contribution < 1.29 is 24.0 Å². The number of aliphatic carboxylic acids is 1. The predicted octanol–water partition coefficient (Wildman–Crippen LogP) is 0.851. The van der Waals surface area contributed by atoms with E-state index in [2.05, 4.69) is 20.3 Å². The van der Waals surface area contributed by atoms with Gasteiger partial charge in [0.2, 0.25) is 0 Å². The number of benzene rings is 1. The molecule has 3 fully saturated rings. The number of nitrogens with one attached hydrogen (secondary N) is 1. The second-order valence-corrected chi connectivity index (χ2v) is 10.5. The van der Waals surface area contributed by atoms with E-state index in [1.165, 1.54) is 0 Å². The van der Waals surface area contributed by atoms with Crippen LogP contribution in [0.1, 0.15) is 35.3 Å². The number of carboxylic acid groups (broad SMARTS) is 1. The molecule has 3 aliphatic rings. The minimum atomic E-state index is -0.974. The summed E-state index contributed by atoms with van der Waals surface area (Å²) in [6.45, 7) is 2.47. The average Bonchev–Trinajstić information content (AvgIpc) is 2.86. The number of hydrogen-bond acceptors (Lipinski definition) is 8. The molecule has 0 saturated carbocycles. The summed E-state index contributed by atoms with van der Waals surface area (Å²) in [5.41, 5.74) is 18.0. The van der Waals surface area contributed by atoms with Gasteiger partial charge in [0.25, 0.3) is 5.91 Å². The zero-order chi connectivity index (χ0) is 27.4. The summed E-state index contributed by atoms with van der Waals surface area (Å²) in [6.07, 6.45) is 2.01. The maximum absolute atomic E-state index is 13.1. The first-order valence-electron chi connectivity index (χ1n) is 12.4. The molecule has 3 aliphatic heterocycles. The molecule has 2 bridgehead atoms. The topological polar surface area (TPSA) is 200 Å². The zero-order valence-electron chi connectivity index (χ0n) is 20.8. The van der Waals surface area contributed by atoms with Crippen LogP contribution >= 0.6 is 11.6 Å². The molecular weight excluding hydrogens is 512 g/mol. The van der Waals surface area contributed by atoms with Crippen molar-refractivity contribution in [1.29, 1.82) is 0 Å². The fourth-order valence-electron chi connectivity index (χ4n) is 5.47. The molecule has 0 aliphatic carbocycles. The molecule has 12 nitrogen and oxygen atoms in total. The number of guanidine groups is 1. The van der Waals surface area contributed by atoms with E-state index in [1.54, 1.807) is 0 Å². The maximum Gasteiger partial charge on any atom is 0.307 e. The normalized spacial score (nSPS) is 23.6. The summed E-state index contributed by atoms with van der Waals surface area (Å²) in [6, 6.07) is 9.12. The van der Waals surface area contributed by atoms with Crippen LogP contribution < -0.4 is 22.5 Å². The number of nitrogens with zero attached hydrogens (tertiary/aromatic N) is 4. The van der Waals surface area contributed by atoms with E-state index >= 15 is 0 Å². The Balaban J connectivity index is 1.39. The first kappa shape index (κ1) is 27.3. The lowest BCUT2D eigenvalue weighted by Crippen LogP contribution is -2.65. The van der Waals surface area contributed by atoms with Crippen molar-refractivity contribution in [3.63, 3.8) is 0 Å². The summed E-state index contributed by atoms with van der Waals surface area (Å²) in [4.78, 5) is 49.7. The molecule has 4 heterocycles. The Hall–Kier alpha value is -3.77. The molecule has 2 atom stereocenters. The Morgan fingerprint density at radius 3 is 2.47 bits per heavy atom. The molecule has 2 aromatic rings. The number of hydrogen-bond donors (Lipinski definition) is 5. The highest BCUT2D eigenvalue weighted by atomic mass is 35.5. The van der Waals surface area contributed by atoms with Crippen LogP contribution in [0.3, 0.4) is 0 Å². The van der Waals surface area contributed by atoms with Crippen molar-refractivity contribution in [2.75, 3.05) is 37.6 Å². The van der Waals surface area contributed by atoms with E-state index < -0.39 is 17.8 Å². The minimum Gasteiger partial charge on any atom is -0.481 e. The number of carbonyl (C=O) groups excluding carboxylic acids is 2. The summed E-state index contributed by atoms with van der Waals surface area (Å²) in [5.74, 6) is -2.63. The van der Waals surface area contributed by atoms with Crippen LogP contribution in [0.25, 0.3) is 0 Å². The van der Waals surface area contributed by atoms with Gasteiger partial charge >= 0.3 is 5.97 Å². The van der Waals surface area contributed by atoms with Crippen LogP contribution in [0.5, 0.6) is 0 Å². The van der Waals surface area contributed by atoms with Crippen LogP contribution in [0, 0.1) is 11.8 Å². The smallest absolute Gasteiger partial charge is 0.307 e. The molecule has 1 amide bonds. The van der Waals surface area contributed by atoms with Gasteiger partial charge in [-0.25, -0.2) is 15.0 Å². The average molecular weight is 544 g/mol. The number of aromatic nitrogens is 2. The van der Waals surface area contributed by atoms with E-state index in [9.17, 15) is 19.5 Å². The minimum absolute atomic E-state index is 0.0214. The highest BCUT2D eigenvalue weighted by Crippen LogP contribution is 2.36. The predicted molar refractivity (Wildman–Crippen MR) is 142 cm³/mol. The third-order valence-corrected chi connectivity index (χ3v) is 7.67. The number of rotatable bonds is 9. The molecule has 0 spiro atoms. The van der Waals surface area contributed by atoms with Gasteiger partial charge in [0.05, 0.1) is 19.0 Å². The molecule has 5 rings (SSSR count). The van der Waals surface area contributed by atoms with Gasteiger partial charge in [0.1, 0.15) is 19.1 Å². The number of halogens is 1. The van der Waals surface area contributed by atoms with Gasteiger partial charge in [-0.1, -0.05) is 41.9 Å². The Morgan fingerprint density at radius 1 is 1.13 bits per heavy atom. The molecule has 0 unspecified atom stereocenters. The molecule has 1 aromatic carbocycles. The zero-order valence-corrected chi connectivity index (χ0v) is 21.6. The standard InChI is InChI=1S/C25H31ClN8O4/c26-20-22(28)32-21(27)19(31-20)23(36)33-25(29)30-18-13-34(8-6-15(18)7-9-34)12-17(35)11-16(24(37)38)10-14-4-2-1-3-5-14/h1-5,15-16,18H,6-13H2,(H7-,27,28,29,30,32,33,36,37,38)/p+1/t15?,16-,18+,34?/m0/s1. The number of nitrogens with two attached hydrogens (primary N) is 3.